The lowest BCUT2D eigenvalue weighted by molar-refractivity contribution is -0.122. The molecule has 0 unspecified atom stereocenters. The molecule has 1 heterocycles. The van der Waals surface area contributed by atoms with Crippen LogP contribution in [0.5, 0.6) is 0 Å². The van der Waals surface area contributed by atoms with Crippen LogP contribution in [0.25, 0.3) is 0 Å². The minimum atomic E-state index is -0.250. The Morgan fingerprint density at radius 3 is 2.74 bits per heavy atom. The highest BCUT2D eigenvalue weighted by molar-refractivity contribution is 6.30. The second-order valence-corrected chi connectivity index (χ2v) is 5.77. The fourth-order valence-electron chi connectivity index (χ4n) is 2.45. The maximum absolute atomic E-state index is 11.9. The summed E-state index contributed by atoms with van der Waals surface area (Å²) in [7, 11) is 0. The van der Waals surface area contributed by atoms with Crippen LogP contribution in [0, 0.1) is 5.92 Å². The molecule has 1 saturated carbocycles. The molecule has 0 bridgehead atoms. The molecule has 1 amide bonds. The molecule has 0 radical (unpaired) electrons. The number of nitrogens with zero attached hydrogens (tertiary/aromatic N) is 1. The molecule has 2 rings (SSSR count). The number of halogens is 1. The summed E-state index contributed by atoms with van der Waals surface area (Å²) in [6.07, 6.45) is 5.93. The number of nitrogens with one attached hydrogen (secondary N) is 1. The third-order valence-electron chi connectivity index (χ3n) is 3.65. The highest BCUT2D eigenvalue weighted by Gasteiger charge is 2.19. The van der Waals surface area contributed by atoms with E-state index >= 15 is 0 Å². The normalized spacial score (nSPS) is 23.1. The number of amides is 1. The lowest BCUT2D eigenvalue weighted by Crippen LogP contribution is -2.40. The van der Waals surface area contributed by atoms with E-state index in [2.05, 4.69) is 12.2 Å². The average Bonchev–Trinajstić information content (AvgIpc) is 2.36. The molecule has 0 atom stereocenters. The quantitative estimate of drug-likeness (QED) is 0.924. The van der Waals surface area contributed by atoms with Gasteiger partial charge in [0.05, 0.1) is 0 Å². The Kier molecular flexibility index (Phi) is 4.64. The second kappa shape index (κ2) is 6.24. The topological polar surface area (TPSA) is 51.1 Å². The van der Waals surface area contributed by atoms with E-state index < -0.39 is 0 Å². The van der Waals surface area contributed by atoms with Gasteiger partial charge in [0, 0.05) is 23.3 Å². The zero-order chi connectivity index (χ0) is 13.8. The van der Waals surface area contributed by atoms with Crippen LogP contribution in [0.15, 0.2) is 23.1 Å². The first-order chi connectivity index (χ1) is 9.04. The van der Waals surface area contributed by atoms with Crippen LogP contribution in [0.1, 0.15) is 32.6 Å². The summed E-state index contributed by atoms with van der Waals surface area (Å²) in [4.78, 5) is 23.5. The van der Waals surface area contributed by atoms with Crippen molar-refractivity contribution >= 4 is 17.5 Å². The van der Waals surface area contributed by atoms with E-state index in [0.29, 0.717) is 5.02 Å². The first-order valence-corrected chi connectivity index (χ1v) is 7.08. The molecule has 1 aromatic heterocycles. The number of hydrogen-bond donors (Lipinski definition) is 1. The van der Waals surface area contributed by atoms with E-state index in [9.17, 15) is 9.59 Å². The van der Waals surface area contributed by atoms with Gasteiger partial charge >= 0.3 is 0 Å². The van der Waals surface area contributed by atoms with Gasteiger partial charge in [-0.25, -0.2) is 0 Å². The van der Waals surface area contributed by atoms with Crippen molar-refractivity contribution in [1.29, 1.82) is 0 Å². The number of pyridine rings is 1. The molecule has 104 valence electrons. The molecule has 5 heteroatoms. The van der Waals surface area contributed by atoms with Gasteiger partial charge in [0.25, 0.3) is 5.56 Å². The Hall–Kier alpha value is -1.29. The number of carbonyl (C=O) groups excluding carboxylic acids is 1. The summed E-state index contributed by atoms with van der Waals surface area (Å²) in [5.41, 5.74) is -0.250. The van der Waals surface area contributed by atoms with Crippen molar-refractivity contribution in [3.8, 4) is 0 Å². The van der Waals surface area contributed by atoms with E-state index in [-0.39, 0.29) is 24.1 Å². The summed E-state index contributed by atoms with van der Waals surface area (Å²) in [5.74, 6) is 0.649. The van der Waals surface area contributed by atoms with Crippen molar-refractivity contribution in [2.45, 2.75) is 45.2 Å². The molecule has 4 nitrogen and oxygen atoms in total. The molecule has 1 aliphatic carbocycles. The highest BCUT2D eigenvalue weighted by Crippen LogP contribution is 2.23. The lowest BCUT2D eigenvalue weighted by atomic mass is 9.87. The van der Waals surface area contributed by atoms with Crippen molar-refractivity contribution in [1.82, 2.24) is 9.88 Å². The van der Waals surface area contributed by atoms with E-state index in [1.54, 1.807) is 12.3 Å². The van der Waals surface area contributed by atoms with Gasteiger partial charge in [0.15, 0.2) is 0 Å². The van der Waals surface area contributed by atoms with E-state index in [4.69, 9.17) is 11.6 Å². The highest BCUT2D eigenvalue weighted by atomic mass is 35.5. The molecule has 1 N–H and O–H groups in total. The molecular formula is C14H19ClN2O2. The molecule has 1 aromatic rings. The Balaban J connectivity index is 1.89. The van der Waals surface area contributed by atoms with Crippen molar-refractivity contribution in [2.24, 2.45) is 5.92 Å². The lowest BCUT2D eigenvalue weighted by Gasteiger charge is -2.26. The molecule has 0 aliphatic heterocycles. The van der Waals surface area contributed by atoms with Crippen LogP contribution >= 0.6 is 11.6 Å². The smallest absolute Gasteiger partial charge is 0.252 e. The Morgan fingerprint density at radius 1 is 1.42 bits per heavy atom. The monoisotopic (exact) mass is 282 g/mol. The largest absolute Gasteiger partial charge is 0.352 e. The number of hydrogen-bond acceptors (Lipinski definition) is 2. The van der Waals surface area contributed by atoms with Gasteiger partial charge in [0.2, 0.25) is 5.91 Å². The number of carbonyl (C=O) groups is 1. The third kappa shape index (κ3) is 4.10. The van der Waals surface area contributed by atoms with Crippen molar-refractivity contribution in [3.63, 3.8) is 0 Å². The molecule has 0 spiro atoms. The van der Waals surface area contributed by atoms with Crippen molar-refractivity contribution < 1.29 is 4.79 Å². The third-order valence-corrected chi connectivity index (χ3v) is 3.89. The molecule has 1 fully saturated rings. The number of aromatic nitrogens is 1. The zero-order valence-electron chi connectivity index (χ0n) is 11.1. The van der Waals surface area contributed by atoms with Crippen LogP contribution < -0.4 is 10.9 Å². The van der Waals surface area contributed by atoms with Gasteiger partial charge in [-0.05, 0) is 37.7 Å². The fraction of sp³-hybridized carbons (Fsp3) is 0.571. The molecule has 19 heavy (non-hydrogen) atoms. The van der Waals surface area contributed by atoms with Gasteiger partial charge in [-0.3, -0.25) is 9.59 Å². The summed E-state index contributed by atoms with van der Waals surface area (Å²) in [6.45, 7) is 2.30. The van der Waals surface area contributed by atoms with E-state index in [0.717, 1.165) is 31.6 Å². The SMILES string of the molecule is CC1CCC(NC(=O)Cn2ccc(Cl)cc2=O)CC1. The fourth-order valence-corrected chi connectivity index (χ4v) is 2.60. The minimum Gasteiger partial charge on any atom is -0.352 e. The van der Waals surface area contributed by atoms with Crippen LogP contribution in [0.4, 0.5) is 0 Å². The Bertz CT molecular complexity index is 504. The summed E-state index contributed by atoms with van der Waals surface area (Å²) in [5, 5.41) is 3.39. The van der Waals surface area contributed by atoms with Crippen LogP contribution in [-0.4, -0.2) is 16.5 Å². The summed E-state index contributed by atoms with van der Waals surface area (Å²) < 4.78 is 1.37. The average molecular weight is 283 g/mol. The molecule has 0 saturated heterocycles. The summed E-state index contributed by atoms with van der Waals surface area (Å²) >= 11 is 5.71. The second-order valence-electron chi connectivity index (χ2n) is 5.34. The van der Waals surface area contributed by atoms with E-state index in [1.165, 1.54) is 10.6 Å². The van der Waals surface area contributed by atoms with E-state index in [1.807, 2.05) is 0 Å². The Morgan fingerprint density at radius 2 is 2.11 bits per heavy atom. The van der Waals surface area contributed by atoms with Gasteiger partial charge in [-0.15, -0.1) is 0 Å². The van der Waals surface area contributed by atoms with Crippen molar-refractivity contribution in [3.05, 3.63) is 33.7 Å². The van der Waals surface area contributed by atoms with Crippen molar-refractivity contribution in [2.75, 3.05) is 0 Å². The predicted octanol–water partition coefficient (Wildman–Crippen LogP) is 2.20. The molecule has 1 aliphatic rings. The summed E-state index contributed by atoms with van der Waals surface area (Å²) in [6, 6.07) is 3.18. The van der Waals surface area contributed by atoms with Gasteiger partial charge in [-0.2, -0.15) is 0 Å². The van der Waals surface area contributed by atoms with Gasteiger partial charge in [0.1, 0.15) is 6.54 Å². The first kappa shape index (κ1) is 14.1. The van der Waals surface area contributed by atoms with Crippen LogP contribution in [0.2, 0.25) is 5.02 Å². The predicted molar refractivity (Wildman–Crippen MR) is 75.3 cm³/mol. The van der Waals surface area contributed by atoms with Gasteiger partial charge < -0.3 is 9.88 Å². The number of rotatable bonds is 3. The standard InChI is InChI=1S/C14H19ClN2O2/c1-10-2-4-12(5-3-10)16-13(18)9-17-7-6-11(15)8-14(17)19/h6-8,10,12H,2-5,9H2,1H3,(H,16,18). The van der Waals surface area contributed by atoms with Gasteiger partial charge in [-0.1, -0.05) is 18.5 Å². The molecular weight excluding hydrogens is 264 g/mol. The minimum absolute atomic E-state index is 0.0576. The maximum Gasteiger partial charge on any atom is 0.252 e. The maximum atomic E-state index is 11.9. The van der Waals surface area contributed by atoms with Crippen LogP contribution in [-0.2, 0) is 11.3 Å². The van der Waals surface area contributed by atoms with Crippen LogP contribution in [0.3, 0.4) is 0 Å². The zero-order valence-corrected chi connectivity index (χ0v) is 11.8. The Labute approximate surface area is 117 Å². The first-order valence-electron chi connectivity index (χ1n) is 6.70. The molecule has 0 aromatic carbocycles.